The fourth-order valence-corrected chi connectivity index (χ4v) is 5.01. The van der Waals surface area contributed by atoms with Crippen molar-refractivity contribution in [2.75, 3.05) is 26.9 Å². The summed E-state index contributed by atoms with van der Waals surface area (Å²) in [5.41, 5.74) is 1.25. The normalized spacial score (nSPS) is 16.1. The van der Waals surface area contributed by atoms with Crippen LogP contribution in [-0.4, -0.2) is 47.2 Å². The summed E-state index contributed by atoms with van der Waals surface area (Å²) in [6, 6.07) is 9.95. The van der Waals surface area contributed by atoms with Gasteiger partial charge in [-0.3, -0.25) is 9.69 Å². The quantitative estimate of drug-likeness (QED) is 0.449. The zero-order valence-electron chi connectivity index (χ0n) is 17.2. The molecule has 0 saturated carbocycles. The summed E-state index contributed by atoms with van der Waals surface area (Å²) in [6.45, 7) is 3.13. The van der Waals surface area contributed by atoms with Gasteiger partial charge in [0.05, 0.1) is 30.0 Å². The molecule has 1 aliphatic heterocycles. The summed E-state index contributed by atoms with van der Waals surface area (Å²) in [5, 5.41) is 0.00614. The van der Waals surface area contributed by atoms with Gasteiger partial charge in [0.15, 0.2) is 11.5 Å². The Balaban J connectivity index is 1.76. The number of carbonyl (C=O) groups excluding carboxylic acids is 1. The van der Waals surface area contributed by atoms with Crippen molar-refractivity contribution in [1.29, 1.82) is 0 Å². The van der Waals surface area contributed by atoms with Gasteiger partial charge in [-0.2, -0.15) is 0 Å². The van der Waals surface area contributed by atoms with Crippen LogP contribution in [0.25, 0.3) is 0 Å². The number of methoxy groups -OCH3 is 1. The van der Waals surface area contributed by atoms with E-state index < -0.39 is 0 Å². The van der Waals surface area contributed by atoms with Gasteiger partial charge in [-0.15, -0.1) is 0 Å². The summed E-state index contributed by atoms with van der Waals surface area (Å²) in [6.07, 6.45) is 0.445. The highest BCUT2D eigenvalue weighted by molar-refractivity contribution is 8.24. The van der Waals surface area contributed by atoms with Gasteiger partial charge < -0.3 is 14.2 Å². The van der Waals surface area contributed by atoms with Crippen LogP contribution in [0.3, 0.4) is 0 Å². The van der Waals surface area contributed by atoms with E-state index in [9.17, 15) is 9.18 Å². The number of nitrogens with zero attached hydrogens (tertiary/aromatic N) is 1. The second-order valence-corrected chi connectivity index (χ2v) is 9.02. The minimum Gasteiger partial charge on any atom is -0.490 e. The molecule has 166 valence electrons. The van der Waals surface area contributed by atoms with Crippen molar-refractivity contribution in [3.63, 3.8) is 0 Å². The number of thiocarbonyl (C=S) groups is 1. The molecule has 0 aliphatic carbocycles. The Bertz CT molecular complexity index is 959. The topological polar surface area (TPSA) is 48.0 Å². The molecule has 1 heterocycles. The average Bonchev–Trinajstić information content (AvgIpc) is 3.00. The number of carbonyl (C=O) groups is 1. The first kappa shape index (κ1) is 23.8. The van der Waals surface area contributed by atoms with Crippen LogP contribution < -0.4 is 9.47 Å². The van der Waals surface area contributed by atoms with Gasteiger partial charge >= 0.3 is 0 Å². The third-order valence-corrected chi connectivity index (χ3v) is 6.51. The van der Waals surface area contributed by atoms with Crippen molar-refractivity contribution in [2.24, 2.45) is 0 Å². The molecule has 0 aromatic heterocycles. The summed E-state index contributed by atoms with van der Waals surface area (Å²) < 4.78 is 31.0. The molecule has 9 heteroatoms. The lowest BCUT2D eigenvalue weighted by Gasteiger charge is -2.17. The molecule has 0 radical (unpaired) electrons. The molecule has 1 atom stereocenters. The fourth-order valence-electron chi connectivity index (χ4n) is 3.13. The lowest BCUT2D eigenvalue weighted by Crippen LogP contribution is -2.34. The van der Waals surface area contributed by atoms with Gasteiger partial charge in [-0.05, 0) is 37.1 Å². The third kappa shape index (κ3) is 5.88. The van der Waals surface area contributed by atoms with Crippen molar-refractivity contribution >= 4 is 45.8 Å². The Morgan fingerprint density at radius 1 is 1.26 bits per heavy atom. The van der Waals surface area contributed by atoms with Gasteiger partial charge in [-0.25, -0.2) is 4.39 Å². The molecule has 3 rings (SSSR count). The molecule has 5 nitrogen and oxygen atoms in total. The first-order valence-electron chi connectivity index (χ1n) is 9.77. The Hall–Kier alpha value is -1.87. The lowest BCUT2D eigenvalue weighted by atomic mass is 10.1. The molecular weight excluding hydrogens is 461 g/mol. The Morgan fingerprint density at radius 3 is 2.74 bits per heavy atom. The first-order chi connectivity index (χ1) is 14.9. The average molecular weight is 484 g/mol. The second kappa shape index (κ2) is 11.1. The minimum absolute atomic E-state index is 0.0194. The molecule has 1 saturated heterocycles. The number of rotatable bonds is 10. The number of benzene rings is 2. The van der Waals surface area contributed by atoms with Gasteiger partial charge in [0.25, 0.3) is 0 Å². The predicted octanol–water partition coefficient (Wildman–Crippen LogP) is 4.87. The maximum absolute atomic E-state index is 13.9. The van der Waals surface area contributed by atoms with Gasteiger partial charge in [0.2, 0.25) is 5.91 Å². The van der Waals surface area contributed by atoms with Crippen molar-refractivity contribution in [3.05, 3.63) is 58.4 Å². The molecular formula is C22H23ClFNO4S2. The van der Waals surface area contributed by atoms with Crippen LogP contribution in [0.15, 0.2) is 36.4 Å². The van der Waals surface area contributed by atoms with E-state index in [0.717, 1.165) is 5.56 Å². The van der Waals surface area contributed by atoms with Crippen molar-refractivity contribution in [1.82, 2.24) is 4.90 Å². The van der Waals surface area contributed by atoms with E-state index in [2.05, 4.69) is 0 Å². The van der Waals surface area contributed by atoms with Gasteiger partial charge in [0.1, 0.15) is 16.7 Å². The SMILES string of the molecule is CCOc1cc(C[C@@H]2SC(=S)N(CCOC)C2=O)cc(Cl)c1OCc1ccccc1F. The van der Waals surface area contributed by atoms with Gasteiger partial charge in [-0.1, -0.05) is 53.8 Å². The highest BCUT2D eigenvalue weighted by Gasteiger charge is 2.36. The summed E-state index contributed by atoms with van der Waals surface area (Å²) in [5.74, 6) is 0.411. The van der Waals surface area contributed by atoms with E-state index >= 15 is 0 Å². The van der Waals surface area contributed by atoms with Crippen LogP contribution in [0.2, 0.25) is 5.02 Å². The molecule has 1 fully saturated rings. The second-order valence-electron chi connectivity index (χ2n) is 6.78. The van der Waals surface area contributed by atoms with Crippen LogP contribution in [0.5, 0.6) is 11.5 Å². The smallest absolute Gasteiger partial charge is 0.242 e. The van der Waals surface area contributed by atoms with E-state index in [0.29, 0.717) is 52.6 Å². The van der Waals surface area contributed by atoms with Crippen LogP contribution in [0, 0.1) is 5.82 Å². The number of thioether (sulfide) groups is 1. The van der Waals surface area contributed by atoms with Crippen LogP contribution >= 0.6 is 35.6 Å². The summed E-state index contributed by atoms with van der Waals surface area (Å²) in [7, 11) is 1.58. The van der Waals surface area contributed by atoms with E-state index in [1.807, 2.05) is 6.92 Å². The van der Waals surface area contributed by atoms with E-state index in [-0.39, 0.29) is 23.6 Å². The minimum atomic E-state index is -0.348. The molecule has 1 amide bonds. The molecule has 2 aromatic rings. The number of ether oxygens (including phenoxy) is 3. The monoisotopic (exact) mass is 483 g/mol. The summed E-state index contributed by atoms with van der Waals surface area (Å²) >= 11 is 13.2. The number of hydrogen-bond acceptors (Lipinski definition) is 6. The van der Waals surface area contributed by atoms with Crippen molar-refractivity contribution in [2.45, 2.75) is 25.2 Å². The number of amides is 1. The zero-order valence-corrected chi connectivity index (χ0v) is 19.6. The molecule has 0 spiro atoms. The van der Waals surface area contributed by atoms with Crippen LogP contribution in [0.1, 0.15) is 18.1 Å². The van der Waals surface area contributed by atoms with E-state index in [1.54, 1.807) is 42.3 Å². The molecule has 0 bridgehead atoms. The molecule has 31 heavy (non-hydrogen) atoms. The third-order valence-electron chi connectivity index (χ3n) is 4.64. The molecule has 1 aliphatic rings. The Labute approximate surface area is 195 Å². The maximum Gasteiger partial charge on any atom is 0.242 e. The Morgan fingerprint density at radius 2 is 2.03 bits per heavy atom. The van der Waals surface area contributed by atoms with Crippen molar-refractivity contribution in [3.8, 4) is 11.5 Å². The highest BCUT2D eigenvalue weighted by atomic mass is 35.5. The first-order valence-corrected chi connectivity index (χ1v) is 11.4. The largest absolute Gasteiger partial charge is 0.490 e. The Kier molecular flexibility index (Phi) is 8.54. The van der Waals surface area contributed by atoms with Crippen molar-refractivity contribution < 1.29 is 23.4 Å². The highest BCUT2D eigenvalue weighted by Crippen LogP contribution is 2.39. The maximum atomic E-state index is 13.9. The predicted molar refractivity (Wildman–Crippen MR) is 125 cm³/mol. The van der Waals surface area contributed by atoms with Crippen LogP contribution in [-0.2, 0) is 22.6 Å². The molecule has 2 aromatic carbocycles. The fraction of sp³-hybridized carbons (Fsp3) is 0.364. The lowest BCUT2D eigenvalue weighted by molar-refractivity contribution is -0.126. The molecule has 0 N–H and O–H groups in total. The van der Waals surface area contributed by atoms with E-state index in [4.69, 9.17) is 38.0 Å². The number of halogens is 2. The standard InChI is InChI=1S/C22H23ClFNO4S2/c1-3-28-18-11-14(12-19-21(26)25(8-9-27-2)22(30)31-19)10-16(23)20(18)29-13-15-6-4-5-7-17(15)24/h4-7,10-11,19H,3,8-9,12-13H2,1-2H3/t19-/m0/s1. The number of hydrogen-bond donors (Lipinski definition) is 0. The summed E-state index contributed by atoms with van der Waals surface area (Å²) in [4.78, 5) is 14.3. The molecule has 0 unspecified atom stereocenters. The van der Waals surface area contributed by atoms with E-state index in [1.165, 1.54) is 17.8 Å². The van der Waals surface area contributed by atoms with Crippen LogP contribution in [0.4, 0.5) is 4.39 Å². The zero-order chi connectivity index (χ0) is 22.4. The van der Waals surface area contributed by atoms with Gasteiger partial charge in [0, 0.05) is 12.7 Å².